The molecular weight excluding hydrogens is 385 g/mol. The van der Waals surface area contributed by atoms with E-state index in [9.17, 15) is 14.0 Å². The van der Waals surface area contributed by atoms with Crippen molar-refractivity contribution in [2.45, 2.75) is 19.8 Å². The monoisotopic (exact) mass is 411 g/mol. The molecule has 2 aliphatic heterocycles. The molecule has 1 aromatic heterocycles. The van der Waals surface area contributed by atoms with Crippen molar-refractivity contribution < 1.29 is 14.0 Å². The lowest BCUT2D eigenvalue weighted by Crippen LogP contribution is -2.52. The van der Waals surface area contributed by atoms with Gasteiger partial charge in [-0.3, -0.25) is 9.59 Å². The van der Waals surface area contributed by atoms with Crippen LogP contribution in [0.5, 0.6) is 0 Å². The van der Waals surface area contributed by atoms with Crippen molar-refractivity contribution in [2.24, 2.45) is 5.92 Å². The number of carbonyl (C=O) groups is 2. The molecule has 0 bridgehead atoms. The normalized spacial score (nSPS) is 17.9. The summed E-state index contributed by atoms with van der Waals surface area (Å²) in [7, 11) is 0. The van der Waals surface area contributed by atoms with Gasteiger partial charge < -0.3 is 14.7 Å². The first-order valence-electron chi connectivity index (χ1n) is 10.4. The van der Waals surface area contributed by atoms with Crippen LogP contribution >= 0.6 is 0 Å². The van der Waals surface area contributed by atoms with Gasteiger partial charge in [0.25, 0.3) is 0 Å². The molecule has 2 aromatic rings. The molecule has 2 fully saturated rings. The van der Waals surface area contributed by atoms with E-state index in [4.69, 9.17) is 0 Å². The number of carbonyl (C=O) groups excluding carboxylic acids is 2. The van der Waals surface area contributed by atoms with Crippen molar-refractivity contribution in [1.82, 2.24) is 19.8 Å². The van der Waals surface area contributed by atoms with E-state index >= 15 is 0 Å². The quantitative estimate of drug-likeness (QED) is 0.775. The summed E-state index contributed by atoms with van der Waals surface area (Å²) < 4.78 is 13.2. The second-order valence-corrected chi connectivity index (χ2v) is 7.86. The Morgan fingerprint density at radius 2 is 1.60 bits per heavy atom. The Labute approximate surface area is 175 Å². The maximum absolute atomic E-state index is 13.2. The molecule has 0 aliphatic carbocycles. The van der Waals surface area contributed by atoms with E-state index in [1.807, 2.05) is 15.9 Å². The van der Waals surface area contributed by atoms with Gasteiger partial charge in [-0.2, -0.15) is 0 Å². The van der Waals surface area contributed by atoms with Crippen LogP contribution in [0.2, 0.25) is 0 Å². The summed E-state index contributed by atoms with van der Waals surface area (Å²) in [5.74, 6) is 0.829. The average molecular weight is 411 g/mol. The molecule has 2 saturated heterocycles. The van der Waals surface area contributed by atoms with Crippen LogP contribution < -0.4 is 4.90 Å². The number of hydrogen-bond acceptors (Lipinski definition) is 5. The molecule has 2 amide bonds. The van der Waals surface area contributed by atoms with E-state index in [-0.39, 0.29) is 23.5 Å². The largest absolute Gasteiger partial charge is 0.353 e. The number of hydrogen-bond donors (Lipinski definition) is 0. The summed E-state index contributed by atoms with van der Waals surface area (Å²) in [5, 5.41) is 0. The molecule has 3 heterocycles. The maximum Gasteiger partial charge on any atom is 0.225 e. The highest BCUT2D eigenvalue weighted by atomic mass is 19.1. The predicted molar refractivity (Wildman–Crippen MR) is 111 cm³/mol. The van der Waals surface area contributed by atoms with E-state index < -0.39 is 0 Å². The standard InChI is InChI=1S/C22H26FN5O2/c1-16(29)26-8-6-18(7-9-26)22(30)28-12-10-27(11-13-28)21-14-20(24-15-25-21)17-2-4-19(23)5-3-17/h2-5,14-15,18H,6-13H2,1H3. The molecule has 4 rings (SSSR count). The summed E-state index contributed by atoms with van der Waals surface area (Å²) in [4.78, 5) is 39.0. The minimum atomic E-state index is -0.277. The number of anilines is 1. The fraction of sp³-hybridized carbons (Fsp3) is 0.455. The van der Waals surface area contributed by atoms with Gasteiger partial charge in [0, 0.05) is 63.7 Å². The fourth-order valence-corrected chi connectivity index (χ4v) is 4.15. The number of nitrogens with zero attached hydrogens (tertiary/aromatic N) is 5. The smallest absolute Gasteiger partial charge is 0.225 e. The predicted octanol–water partition coefficient (Wildman–Crippen LogP) is 2.19. The third-order valence-electron chi connectivity index (χ3n) is 6.00. The summed E-state index contributed by atoms with van der Waals surface area (Å²) >= 11 is 0. The lowest BCUT2D eigenvalue weighted by molar-refractivity contribution is -0.140. The third-order valence-corrected chi connectivity index (χ3v) is 6.00. The van der Waals surface area contributed by atoms with Crippen LogP contribution in [0.25, 0.3) is 11.3 Å². The minimum absolute atomic E-state index is 0.0104. The van der Waals surface area contributed by atoms with Crippen LogP contribution in [0.15, 0.2) is 36.7 Å². The fourth-order valence-electron chi connectivity index (χ4n) is 4.15. The van der Waals surface area contributed by atoms with Crippen LogP contribution in [0.3, 0.4) is 0 Å². The van der Waals surface area contributed by atoms with Crippen molar-refractivity contribution in [3.63, 3.8) is 0 Å². The summed E-state index contributed by atoms with van der Waals surface area (Å²) in [6, 6.07) is 8.15. The number of rotatable bonds is 3. The van der Waals surface area contributed by atoms with Gasteiger partial charge in [0.15, 0.2) is 0 Å². The Bertz CT molecular complexity index is 904. The first-order valence-corrected chi connectivity index (χ1v) is 10.4. The van der Waals surface area contributed by atoms with E-state index in [1.165, 1.54) is 18.5 Å². The summed E-state index contributed by atoms with van der Waals surface area (Å²) in [5.41, 5.74) is 1.58. The van der Waals surface area contributed by atoms with Gasteiger partial charge in [-0.1, -0.05) is 0 Å². The van der Waals surface area contributed by atoms with Crippen molar-refractivity contribution in [1.29, 1.82) is 0 Å². The minimum Gasteiger partial charge on any atom is -0.353 e. The van der Waals surface area contributed by atoms with Gasteiger partial charge in [0.05, 0.1) is 5.69 Å². The zero-order chi connectivity index (χ0) is 21.1. The molecule has 0 atom stereocenters. The Morgan fingerprint density at radius 1 is 0.933 bits per heavy atom. The van der Waals surface area contributed by atoms with Crippen LogP contribution in [-0.4, -0.2) is 70.9 Å². The number of benzene rings is 1. The molecule has 0 unspecified atom stereocenters. The van der Waals surface area contributed by atoms with E-state index in [0.29, 0.717) is 39.3 Å². The van der Waals surface area contributed by atoms with Gasteiger partial charge in [-0.05, 0) is 37.1 Å². The second kappa shape index (κ2) is 8.77. The number of piperazine rings is 1. The SMILES string of the molecule is CC(=O)N1CCC(C(=O)N2CCN(c3cc(-c4ccc(F)cc4)ncn3)CC2)CC1. The van der Waals surface area contributed by atoms with E-state index in [0.717, 1.165) is 29.9 Å². The zero-order valence-electron chi connectivity index (χ0n) is 17.1. The summed E-state index contributed by atoms with van der Waals surface area (Å²) in [6.45, 7) is 5.63. The Balaban J connectivity index is 1.34. The number of aromatic nitrogens is 2. The highest BCUT2D eigenvalue weighted by Crippen LogP contribution is 2.24. The molecule has 2 aliphatic rings. The number of piperidine rings is 1. The van der Waals surface area contributed by atoms with Crippen LogP contribution in [0.1, 0.15) is 19.8 Å². The average Bonchev–Trinajstić information content (AvgIpc) is 2.79. The summed E-state index contributed by atoms with van der Waals surface area (Å²) in [6.07, 6.45) is 3.01. The molecule has 7 nitrogen and oxygen atoms in total. The number of halogens is 1. The Kier molecular flexibility index (Phi) is 5.92. The molecule has 0 saturated carbocycles. The molecule has 8 heteroatoms. The van der Waals surface area contributed by atoms with Crippen molar-refractivity contribution in [3.8, 4) is 11.3 Å². The van der Waals surface area contributed by atoms with E-state index in [1.54, 1.807) is 19.1 Å². The van der Waals surface area contributed by atoms with Crippen LogP contribution in [0, 0.1) is 11.7 Å². The molecule has 0 spiro atoms. The molecular formula is C22H26FN5O2. The molecule has 0 N–H and O–H groups in total. The van der Waals surface area contributed by atoms with Crippen LogP contribution in [-0.2, 0) is 9.59 Å². The first kappa shape index (κ1) is 20.3. The Morgan fingerprint density at radius 3 is 2.23 bits per heavy atom. The highest BCUT2D eigenvalue weighted by Gasteiger charge is 2.31. The number of likely N-dealkylation sites (tertiary alicyclic amines) is 1. The van der Waals surface area contributed by atoms with Crippen molar-refractivity contribution >= 4 is 17.6 Å². The van der Waals surface area contributed by atoms with Crippen LogP contribution in [0.4, 0.5) is 10.2 Å². The lowest BCUT2D eigenvalue weighted by atomic mass is 9.95. The number of amides is 2. The topological polar surface area (TPSA) is 69.6 Å². The molecule has 158 valence electrons. The van der Waals surface area contributed by atoms with Gasteiger partial charge in [-0.25, -0.2) is 14.4 Å². The van der Waals surface area contributed by atoms with Gasteiger partial charge in [-0.15, -0.1) is 0 Å². The van der Waals surface area contributed by atoms with Crippen molar-refractivity contribution in [2.75, 3.05) is 44.2 Å². The maximum atomic E-state index is 13.2. The lowest BCUT2D eigenvalue weighted by Gasteiger charge is -2.38. The third kappa shape index (κ3) is 4.42. The van der Waals surface area contributed by atoms with E-state index in [2.05, 4.69) is 14.9 Å². The zero-order valence-corrected chi connectivity index (χ0v) is 17.1. The molecule has 1 aromatic carbocycles. The highest BCUT2D eigenvalue weighted by molar-refractivity contribution is 5.80. The molecule has 30 heavy (non-hydrogen) atoms. The molecule has 0 radical (unpaired) electrons. The second-order valence-electron chi connectivity index (χ2n) is 7.86. The van der Waals surface area contributed by atoms with Gasteiger partial charge >= 0.3 is 0 Å². The first-order chi connectivity index (χ1) is 14.5. The van der Waals surface area contributed by atoms with Gasteiger partial charge in [0.1, 0.15) is 18.0 Å². The van der Waals surface area contributed by atoms with Gasteiger partial charge in [0.2, 0.25) is 11.8 Å². The van der Waals surface area contributed by atoms with Crippen molar-refractivity contribution in [3.05, 3.63) is 42.5 Å². The Hall–Kier alpha value is -3.03.